The summed E-state index contributed by atoms with van der Waals surface area (Å²) in [5, 5.41) is 11.4. The van der Waals surface area contributed by atoms with E-state index < -0.39 is 16.2 Å². The third-order valence-electron chi connectivity index (χ3n) is 3.51. The van der Waals surface area contributed by atoms with Crippen LogP contribution in [0.4, 0.5) is 11.5 Å². The Balaban J connectivity index is 2.19. The zero-order chi connectivity index (χ0) is 16.4. The maximum absolute atomic E-state index is 12.4. The quantitative estimate of drug-likeness (QED) is 0.529. The first-order valence-electron chi connectivity index (χ1n) is 7.03. The van der Waals surface area contributed by atoms with Gasteiger partial charge in [0.15, 0.2) is 0 Å². The summed E-state index contributed by atoms with van der Waals surface area (Å²) in [5.74, 6) is 0.0647. The number of rotatable bonds is 5. The van der Waals surface area contributed by atoms with Gasteiger partial charge in [-0.1, -0.05) is 6.07 Å². The smallest absolute Gasteiger partial charge is 0.376 e. The van der Waals surface area contributed by atoms with E-state index in [9.17, 15) is 14.9 Å². The van der Waals surface area contributed by atoms with E-state index in [0.29, 0.717) is 18.7 Å². The Hall–Kier alpha value is -3.16. The average Bonchev–Trinajstić information content (AvgIpc) is 3.05. The molecule has 0 aromatic carbocycles. The minimum atomic E-state index is -0.693. The molecule has 0 N–H and O–H groups in total. The molecule has 0 radical (unpaired) electrons. The number of hydrogen-bond donors (Lipinski definition) is 0. The molecule has 0 fully saturated rings. The molecule has 0 spiro atoms. The van der Waals surface area contributed by atoms with Crippen LogP contribution in [-0.4, -0.2) is 20.9 Å². The summed E-state index contributed by atoms with van der Waals surface area (Å²) in [6.07, 6.45) is 4.55. The Morgan fingerprint density at radius 1 is 1.39 bits per heavy atom. The molecule has 3 aromatic heterocycles. The molecule has 0 aliphatic rings. The molecule has 0 saturated carbocycles. The second-order valence-electron chi connectivity index (χ2n) is 4.92. The molecule has 0 aliphatic carbocycles. The number of fused-ring (bicyclic) bond motifs is 1. The molecule has 0 bridgehead atoms. The van der Waals surface area contributed by atoms with Crippen LogP contribution >= 0.6 is 0 Å². The number of nitro groups is 1. The lowest BCUT2D eigenvalue weighted by Crippen LogP contribution is -2.28. The Morgan fingerprint density at radius 2 is 2.22 bits per heavy atom. The topological polar surface area (TPSA) is 93.9 Å². The molecule has 3 rings (SSSR count). The summed E-state index contributed by atoms with van der Waals surface area (Å²) in [6.45, 7) is 2.67. The standard InChI is InChI=1S/C15H14N4O4/c1-2-17(9-11-6-8-23-10-11)14-13(19(21)22)15(20)18-7-4-3-5-12(18)16-14/h3-8,10H,2,9H2,1H3. The van der Waals surface area contributed by atoms with Gasteiger partial charge in [0.25, 0.3) is 0 Å². The highest BCUT2D eigenvalue weighted by atomic mass is 16.6. The van der Waals surface area contributed by atoms with Gasteiger partial charge in [0.2, 0.25) is 5.82 Å². The Labute approximate surface area is 130 Å². The van der Waals surface area contributed by atoms with E-state index in [0.717, 1.165) is 5.56 Å². The minimum absolute atomic E-state index is 0.0647. The van der Waals surface area contributed by atoms with Crippen molar-refractivity contribution in [2.75, 3.05) is 11.4 Å². The van der Waals surface area contributed by atoms with Gasteiger partial charge in [-0.2, -0.15) is 0 Å². The predicted molar refractivity (Wildman–Crippen MR) is 83.5 cm³/mol. The van der Waals surface area contributed by atoms with Crippen LogP contribution < -0.4 is 10.5 Å². The van der Waals surface area contributed by atoms with E-state index in [-0.39, 0.29) is 5.82 Å². The van der Waals surface area contributed by atoms with E-state index in [2.05, 4.69) is 4.98 Å². The first-order valence-corrected chi connectivity index (χ1v) is 7.03. The van der Waals surface area contributed by atoms with Crippen LogP contribution in [0, 0.1) is 10.1 Å². The lowest BCUT2D eigenvalue weighted by Gasteiger charge is -2.21. The normalized spacial score (nSPS) is 10.8. The Morgan fingerprint density at radius 3 is 2.87 bits per heavy atom. The van der Waals surface area contributed by atoms with Gasteiger partial charge in [-0.15, -0.1) is 0 Å². The van der Waals surface area contributed by atoms with Crippen molar-refractivity contribution in [1.82, 2.24) is 9.38 Å². The summed E-state index contributed by atoms with van der Waals surface area (Å²) in [6, 6.07) is 6.76. The third kappa shape index (κ3) is 2.66. The monoisotopic (exact) mass is 314 g/mol. The van der Waals surface area contributed by atoms with Crippen molar-refractivity contribution in [2.45, 2.75) is 13.5 Å². The van der Waals surface area contributed by atoms with Crippen LogP contribution in [0.2, 0.25) is 0 Å². The summed E-state index contributed by atoms with van der Waals surface area (Å²) in [4.78, 5) is 29.2. The van der Waals surface area contributed by atoms with Crippen molar-refractivity contribution in [3.8, 4) is 0 Å². The molecule has 8 nitrogen and oxygen atoms in total. The highest BCUT2D eigenvalue weighted by Crippen LogP contribution is 2.24. The lowest BCUT2D eigenvalue weighted by molar-refractivity contribution is -0.385. The van der Waals surface area contributed by atoms with Gasteiger partial charge in [0, 0.05) is 24.8 Å². The first-order chi connectivity index (χ1) is 11.1. The van der Waals surface area contributed by atoms with Crippen molar-refractivity contribution in [3.63, 3.8) is 0 Å². The molecule has 0 unspecified atom stereocenters. The average molecular weight is 314 g/mol. The number of aromatic nitrogens is 2. The number of pyridine rings is 1. The fraction of sp³-hybridized carbons (Fsp3) is 0.200. The maximum atomic E-state index is 12.4. The van der Waals surface area contributed by atoms with Crippen LogP contribution in [-0.2, 0) is 6.54 Å². The number of furan rings is 1. The third-order valence-corrected chi connectivity index (χ3v) is 3.51. The van der Waals surface area contributed by atoms with Gasteiger partial charge < -0.3 is 9.32 Å². The molecule has 3 aromatic rings. The summed E-state index contributed by atoms with van der Waals surface area (Å²) in [5.41, 5.74) is -0.0137. The van der Waals surface area contributed by atoms with Crippen LogP contribution in [0.1, 0.15) is 12.5 Å². The maximum Gasteiger partial charge on any atom is 0.376 e. The van der Waals surface area contributed by atoms with E-state index >= 15 is 0 Å². The van der Waals surface area contributed by atoms with E-state index in [1.165, 1.54) is 16.9 Å². The summed E-state index contributed by atoms with van der Waals surface area (Å²) in [7, 11) is 0. The van der Waals surface area contributed by atoms with Gasteiger partial charge in [-0.25, -0.2) is 4.98 Å². The molecule has 118 valence electrons. The van der Waals surface area contributed by atoms with Crippen molar-refractivity contribution < 1.29 is 9.34 Å². The van der Waals surface area contributed by atoms with Gasteiger partial charge in [-0.05, 0) is 25.1 Å². The van der Waals surface area contributed by atoms with Crippen molar-refractivity contribution in [1.29, 1.82) is 0 Å². The molecule has 0 atom stereocenters. The molecule has 8 heteroatoms. The second-order valence-corrected chi connectivity index (χ2v) is 4.92. The fourth-order valence-corrected chi connectivity index (χ4v) is 2.39. The molecule has 3 heterocycles. The first kappa shape index (κ1) is 14.8. The predicted octanol–water partition coefficient (Wildman–Crippen LogP) is 2.22. The van der Waals surface area contributed by atoms with Gasteiger partial charge in [0.05, 0.1) is 17.4 Å². The molecule has 0 amide bonds. The molecular weight excluding hydrogens is 300 g/mol. The van der Waals surface area contributed by atoms with Gasteiger partial charge >= 0.3 is 11.2 Å². The van der Waals surface area contributed by atoms with Gasteiger partial charge in [-0.3, -0.25) is 19.3 Å². The van der Waals surface area contributed by atoms with E-state index in [1.807, 2.05) is 6.92 Å². The van der Waals surface area contributed by atoms with Crippen molar-refractivity contribution in [3.05, 3.63) is 69.0 Å². The van der Waals surface area contributed by atoms with E-state index in [4.69, 9.17) is 4.42 Å². The largest absolute Gasteiger partial charge is 0.472 e. The molecule has 0 aliphatic heterocycles. The molecule has 0 saturated heterocycles. The highest BCUT2D eigenvalue weighted by molar-refractivity contribution is 5.61. The van der Waals surface area contributed by atoms with Crippen LogP contribution in [0.25, 0.3) is 5.65 Å². The molecular formula is C15H14N4O4. The lowest BCUT2D eigenvalue weighted by atomic mass is 10.3. The summed E-state index contributed by atoms with van der Waals surface area (Å²) < 4.78 is 6.19. The SMILES string of the molecule is CCN(Cc1ccoc1)c1nc2ccccn2c(=O)c1[N+](=O)[O-]. The second kappa shape index (κ2) is 5.91. The van der Waals surface area contributed by atoms with E-state index in [1.54, 1.807) is 35.4 Å². The zero-order valence-electron chi connectivity index (χ0n) is 12.4. The number of anilines is 1. The van der Waals surface area contributed by atoms with Crippen LogP contribution in [0.3, 0.4) is 0 Å². The number of hydrogen-bond acceptors (Lipinski definition) is 6. The fourth-order valence-electron chi connectivity index (χ4n) is 2.39. The highest BCUT2D eigenvalue weighted by Gasteiger charge is 2.27. The minimum Gasteiger partial charge on any atom is -0.472 e. The van der Waals surface area contributed by atoms with Gasteiger partial charge in [0.1, 0.15) is 5.65 Å². The summed E-state index contributed by atoms with van der Waals surface area (Å²) >= 11 is 0. The number of nitrogens with zero attached hydrogens (tertiary/aromatic N) is 4. The van der Waals surface area contributed by atoms with Crippen molar-refractivity contribution in [2.24, 2.45) is 0 Å². The Kier molecular flexibility index (Phi) is 3.80. The van der Waals surface area contributed by atoms with Crippen LogP contribution in [0.15, 0.2) is 52.2 Å². The zero-order valence-corrected chi connectivity index (χ0v) is 12.4. The van der Waals surface area contributed by atoms with Crippen molar-refractivity contribution >= 4 is 17.2 Å². The van der Waals surface area contributed by atoms with Crippen LogP contribution in [0.5, 0.6) is 0 Å². The Bertz CT molecular complexity index is 901. The molecule has 23 heavy (non-hydrogen) atoms.